The van der Waals surface area contributed by atoms with Crippen LogP contribution in [0.15, 0.2) is 43.1 Å². The number of hydrogen-bond acceptors (Lipinski definition) is 7. The molecule has 2 aliphatic heterocycles. The van der Waals surface area contributed by atoms with Gasteiger partial charge in [0.05, 0.1) is 11.6 Å². The first-order valence-electron chi connectivity index (χ1n) is 13.8. The first-order valence-corrected chi connectivity index (χ1v) is 13.8. The van der Waals surface area contributed by atoms with Gasteiger partial charge in [-0.1, -0.05) is 43.7 Å². The maximum absolute atomic E-state index is 12.1. The van der Waals surface area contributed by atoms with E-state index in [0.29, 0.717) is 24.4 Å². The Morgan fingerprint density at radius 2 is 1.89 bits per heavy atom. The molecule has 1 aromatic carbocycles. The number of fused-ring (bicyclic) bond motifs is 1. The highest BCUT2D eigenvalue weighted by atomic mass is 16.6. The molecule has 1 unspecified atom stereocenters. The van der Waals surface area contributed by atoms with Crippen LogP contribution >= 0.6 is 0 Å². The van der Waals surface area contributed by atoms with Crippen molar-refractivity contribution in [2.45, 2.75) is 70.7 Å². The zero-order valence-electron chi connectivity index (χ0n) is 22.4. The highest BCUT2D eigenvalue weighted by Crippen LogP contribution is 2.41. The van der Waals surface area contributed by atoms with Gasteiger partial charge in [-0.3, -0.25) is 14.6 Å². The molecule has 1 saturated carbocycles. The van der Waals surface area contributed by atoms with Gasteiger partial charge in [-0.05, 0) is 56.2 Å². The average Bonchev–Trinajstić information content (AvgIpc) is 3.76. The molecule has 1 aromatic heterocycles. The Hall–Kier alpha value is -3.46. The lowest BCUT2D eigenvalue weighted by Gasteiger charge is -2.38. The molecule has 0 bridgehead atoms. The number of cyclic esters (lactones) is 1. The van der Waals surface area contributed by atoms with Crippen molar-refractivity contribution in [3.8, 4) is 0 Å². The van der Waals surface area contributed by atoms with Crippen LogP contribution in [0.3, 0.4) is 0 Å². The summed E-state index contributed by atoms with van der Waals surface area (Å²) in [6.07, 6.45) is 8.49. The topological polar surface area (TPSA) is 99.7 Å². The Morgan fingerprint density at radius 1 is 1.18 bits per heavy atom. The molecule has 2 N–H and O–H groups in total. The molecule has 9 nitrogen and oxygen atoms in total. The smallest absolute Gasteiger partial charge is 0.415 e. The van der Waals surface area contributed by atoms with Crippen LogP contribution in [0.25, 0.3) is 0 Å². The van der Waals surface area contributed by atoms with Crippen molar-refractivity contribution in [3.05, 3.63) is 59.8 Å². The van der Waals surface area contributed by atoms with Crippen LogP contribution in [0.2, 0.25) is 0 Å². The molecule has 2 aromatic rings. The van der Waals surface area contributed by atoms with Crippen molar-refractivity contribution in [2.24, 2.45) is 5.92 Å². The second-order valence-electron chi connectivity index (χ2n) is 10.6. The molecule has 0 spiro atoms. The minimum Gasteiger partial charge on any atom is -0.444 e. The third-order valence-electron chi connectivity index (χ3n) is 7.91. The Balaban J connectivity index is 1.24. The van der Waals surface area contributed by atoms with Gasteiger partial charge in [0.2, 0.25) is 11.9 Å². The van der Waals surface area contributed by atoms with Gasteiger partial charge in [0.15, 0.2) is 0 Å². The standard InChI is InChI=1S/C29H38N6O3/c1-4-26(36)32-24-12-14-34(15-13-24)25(16-20-6-7-20)22-10-8-21(9-11-22)19(3)31-28-30-17-23-18-38-29(37)35(5-2)27(23)33-28/h4,8-11,17,19-20,24-25H,1,5-7,12-16,18H2,2-3H3,(H,32,36)(H,30,31,33)/t19-,25?/m0/s1. The fourth-order valence-electron chi connectivity index (χ4n) is 5.45. The zero-order chi connectivity index (χ0) is 26.6. The Morgan fingerprint density at radius 3 is 2.55 bits per heavy atom. The van der Waals surface area contributed by atoms with Gasteiger partial charge in [0.1, 0.15) is 12.4 Å². The normalized spacial score (nSPS) is 19.7. The number of nitrogens with zero attached hydrogens (tertiary/aromatic N) is 4. The monoisotopic (exact) mass is 518 g/mol. The number of ether oxygens (including phenoxy) is 1. The fraction of sp³-hybridized carbons (Fsp3) is 0.517. The van der Waals surface area contributed by atoms with Gasteiger partial charge in [0, 0.05) is 37.9 Å². The Kier molecular flexibility index (Phi) is 7.93. The average molecular weight is 519 g/mol. The Bertz CT molecular complexity index is 1160. The number of piperidine rings is 1. The number of carbonyl (C=O) groups excluding carboxylic acids is 2. The summed E-state index contributed by atoms with van der Waals surface area (Å²) >= 11 is 0. The van der Waals surface area contributed by atoms with Gasteiger partial charge >= 0.3 is 6.09 Å². The van der Waals surface area contributed by atoms with Crippen LogP contribution in [-0.4, -0.2) is 52.5 Å². The molecule has 3 heterocycles. The molecule has 202 valence electrons. The van der Waals surface area contributed by atoms with Gasteiger partial charge in [-0.25, -0.2) is 9.78 Å². The van der Waals surface area contributed by atoms with Crippen molar-refractivity contribution >= 4 is 23.8 Å². The van der Waals surface area contributed by atoms with Crippen molar-refractivity contribution in [1.82, 2.24) is 20.2 Å². The molecule has 5 rings (SSSR count). The van der Waals surface area contributed by atoms with Crippen LogP contribution in [-0.2, 0) is 16.1 Å². The highest BCUT2D eigenvalue weighted by molar-refractivity contribution is 5.89. The SMILES string of the molecule is C=CC(=O)NC1CCN(C(CC2CC2)c2ccc([C@H](C)Nc3ncc4c(n3)N(CC)C(=O)OC4)cc2)CC1. The summed E-state index contributed by atoms with van der Waals surface area (Å²) in [5.74, 6) is 1.84. The number of carbonyl (C=O) groups is 2. The van der Waals surface area contributed by atoms with Crippen molar-refractivity contribution in [2.75, 3.05) is 29.9 Å². The molecule has 2 fully saturated rings. The first-order chi connectivity index (χ1) is 18.4. The van der Waals surface area contributed by atoms with Gasteiger partial charge in [-0.15, -0.1) is 0 Å². The highest BCUT2D eigenvalue weighted by Gasteiger charge is 2.32. The van der Waals surface area contributed by atoms with Crippen LogP contribution in [0, 0.1) is 5.92 Å². The maximum atomic E-state index is 12.1. The summed E-state index contributed by atoms with van der Waals surface area (Å²) in [4.78, 5) is 37.0. The minimum absolute atomic E-state index is 0.00110. The van der Waals surface area contributed by atoms with E-state index in [-0.39, 0.29) is 30.7 Å². The number of rotatable bonds is 10. The van der Waals surface area contributed by atoms with Crippen molar-refractivity contribution < 1.29 is 14.3 Å². The molecule has 1 saturated heterocycles. The predicted octanol–water partition coefficient (Wildman–Crippen LogP) is 4.73. The number of benzene rings is 1. The summed E-state index contributed by atoms with van der Waals surface area (Å²) in [5.41, 5.74) is 3.31. The van der Waals surface area contributed by atoms with Crippen molar-refractivity contribution in [3.63, 3.8) is 0 Å². The number of likely N-dealkylation sites (tertiary alicyclic amines) is 1. The quantitative estimate of drug-likeness (QED) is 0.439. The maximum Gasteiger partial charge on any atom is 0.415 e. The number of amides is 2. The van der Waals surface area contributed by atoms with Crippen LogP contribution < -0.4 is 15.5 Å². The fourth-order valence-corrected chi connectivity index (χ4v) is 5.45. The summed E-state index contributed by atoms with van der Waals surface area (Å²) in [7, 11) is 0. The lowest BCUT2D eigenvalue weighted by Crippen LogP contribution is -2.45. The Labute approximate surface area is 224 Å². The minimum atomic E-state index is -0.375. The summed E-state index contributed by atoms with van der Waals surface area (Å²) in [6, 6.07) is 9.53. The molecule has 38 heavy (non-hydrogen) atoms. The molecule has 1 aliphatic carbocycles. The van der Waals surface area contributed by atoms with E-state index in [4.69, 9.17) is 4.74 Å². The van der Waals surface area contributed by atoms with Crippen LogP contribution in [0.5, 0.6) is 0 Å². The van der Waals surface area contributed by atoms with E-state index in [2.05, 4.69) is 63.3 Å². The molecule has 3 aliphatic rings. The van der Waals surface area contributed by atoms with E-state index in [1.165, 1.54) is 35.8 Å². The van der Waals surface area contributed by atoms with Crippen molar-refractivity contribution in [1.29, 1.82) is 0 Å². The van der Waals surface area contributed by atoms with E-state index in [1.54, 1.807) is 6.20 Å². The second kappa shape index (κ2) is 11.5. The predicted molar refractivity (Wildman–Crippen MR) is 147 cm³/mol. The molecular weight excluding hydrogens is 480 g/mol. The second-order valence-corrected chi connectivity index (χ2v) is 10.6. The van der Waals surface area contributed by atoms with E-state index in [0.717, 1.165) is 43.0 Å². The third kappa shape index (κ3) is 5.99. The molecular formula is C29H38N6O3. The molecule has 0 radical (unpaired) electrons. The van der Waals surface area contributed by atoms with Crippen LogP contribution in [0.4, 0.5) is 16.6 Å². The summed E-state index contributed by atoms with van der Waals surface area (Å²) in [5, 5.41) is 6.45. The number of nitrogens with one attached hydrogen (secondary N) is 2. The lowest BCUT2D eigenvalue weighted by molar-refractivity contribution is -0.117. The zero-order valence-corrected chi connectivity index (χ0v) is 22.4. The van der Waals surface area contributed by atoms with Crippen LogP contribution in [0.1, 0.15) is 74.7 Å². The van der Waals surface area contributed by atoms with E-state index in [1.807, 2.05) is 6.92 Å². The third-order valence-corrected chi connectivity index (χ3v) is 7.91. The first kappa shape index (κ1) is 26.2. The van der Waals surface area contributed by atoms with E-state index in [9.17, 15) is 9.59 Å². The number of anilines is 2. The summed E-state index contributed by atoms with van der Waals surface area (Å²) in [6.45, 7) is 10.2. The lowest BCUT2D eigenvalue weighted by atomic mass is 9.94. The van der Waals surface area contributed by atoms with E-state index < -0.39 is 0 Å². The molecule has 2 amide bonds. The van der Waals surface area contributed by atoms with Gasteiger partial charge < -0.3 is 15.4 Å². The number of aromatic nitrogens is 2. The molecule has 2 atom stereocenters. The van der Waals surface area contributed by atoms with Gasteiger partial charge in [0.25, 0.3) is 0 Å². The van der Waals surface area contributed by atoms with Gasteiger partial charge in [-0.2, -0.15) is 4.98 Å². The molecule has 9 heteroatoms. The largest absolute Gasteiger partial charge is 0.444 e. The van der Waals surface area contributed by atoms with E-state index >= 15 is 0 Å². The summed E-state index contributed by atoms with van der Waals surface area (Å²) < 4.78 is 5.19. The number of hydrogen-bond donors (Lipinski definition) is 2.